The van der Waals surface area contributed by atoms with E-state index in [1.165, 1.54) is 30.4 Å². The molecule has 0 unspecified atom stereocenters. The molecule has 0 aromatic carbocycles. The molecule has 78 valence electrons. The molecule has 0 amide bonds. The molecule has 1 rings (SSSR count). The molecule has 0 spiro atoms. The highest BCUT2D eigenvalue weighted by Crippen LogP contribution is 2.41. The van der Waals surface area contributed by atoms with Crippen LogP contribution >= 0.6 is 0 Å². The van der Waals surface area contributed by atoms with Crippen molar-refractivity contribution in [3.63, 3.8) is 0 Å². The highest BCUT2D eigenvalue weighted by atomic mass is 16.1. The maximum Gasteiger partial charge on any atom is 0.142 e. The van der Waals surface area contributed by atoms with E-state index in [9.17, 15) is 4.79 Å². The summed E-state index contributed by atoms with van der Waals surface area (Å²) in [5, 5.41) is 0. The molecular formula is C13H20O. The van der Waals surface area contributed by atoms with Gasteiger partial charge in [-0.25, -0.2) is 0 Å². The van der Waals surface area contributed by atoms with Gasteiger partial charge in [0.15, 0.2) is 0 Å². The lowest BCUT2D eigenvalue weighted by molar-refractivity contribution is -0.104. The number of aldehydes is 1. The van der Waals surface area contributed by atoms with Crippen LogP contribution in [-0.2, 0) is 4.79 Å². The lowest BCUT2D eigenvalue weighted by Crippen LogP contribution is -2.19. The molecule has 1 aliphatic carbocycles. The Bertz CT molecular complexity index is 269. The molecule has 1 heteroatoms. The smallest absolute Gasteiger partial charge is 0.142 e. The van der Waals surface area contributed by atoms with Crippen LogP contribution in [0.3, 0.4) is 0 Å². The Labute approximate surface area is 86.9 Å². The minimum atomic E-state index is 0.329. The van der Waals surface area contributed by atoms with E-state index in [4.69, 9.17) is 0 Å². The SMILES string of the molecule is CC1=C(CC=CC=O)C(C)(C)CCC1. The molecule has 0 heterocycles. The maximum absolute atomic E-state index is 10.2. The minimum Gasteiger partial charge on any atom is -0.299 e. The van der Waals surface area contributed by atoms with E-state index in [2.05, 4.69) is 20.8 Å². The summed E-state index contributed by atoms with van der Waals surface area (Å²) >= 11 is 0. The highest BCUT2D eigenvalue weighted by molar-refractivity contribution is 5.64. The second-order valence-electron chi connectivity index (χ2n) is 4.76. The van der Waals surface area contributed by atoms with E-state index in [0.717, 1.165) is 12.7 Å². The fourth-order valence-corrected chi connectivity index (χ4v) is 2.37. The van der Waals surface area contributed by atoms with Crippen LogP contribution in [0.1, 0.15) is 46.5 Å². The zero-order chi connectivity index (χ0) is 10.6. The lowest BCUT2D eigenvalue weighted by atomic mass is 9.71. The Morgan fingerprint density at radius 2 is 2.14 bits per heavy atom. The molecule has 0 saturated carbocycles. The van der Waals surface area contributed by atoms with Gasteiger partial charge in [0.25, 0.3) is 0 Å². The fourth-order valence-electron chi connectivity index (χ4n) is 2.37. The van der Waals surface area contributed by atoms with Crippen molar-refractivity contribution in [1.82, 2.24) is 0 Å². The van der Waals surface area contributed by atoms with Crippen molar-refractivity contribution in [2.24, 2.45) is 5.41 Å². The van der Waals surface area contributed by atoms with Crippen molar-refractivity contribution in [2.75, 3.05) is 0 Å². The predicted octanol–water partition coefficient (Wildman–Crippen LogP) is 3.66. The van der Waals surface area contributed by atoms with Gasteiger partial charge in [0, 0.05) is 0 Å². The molecule has 0 N–H and O–H groups in total. The van der Waals surface area contributed by atoms with Crippen molar-refractivity contribution < 1.29 is 4.79 Å². The summed E-state index contributed by atoms with van der Waals surface area (Å²) < 4.78 is 0. The molecule has 1 nitrogen and oxygen atoms in total. The van der Waals surface area contributed by atoms with Gasteiger partial charge >= 0.3 is 0 Å². The first kappa shape index (κ1) is 11.2. The molecule has 0 bridgehead atoms. The van der Waals surface area contributed by atoms with E-state index in [0.29, 0.717) is 5.41 Å². The third kappa shape index (κ3) is 2.57. The van der Waals surface area contributed by atoms with Crippen molar-refractivity contribution in [1.29, 1.82) is 0 Å². The van der Waals surface area contributed by atoms with Crippen LogP contribution in [0.4, 0.5) is 0 Å². The van der Waals surface area contributed by atoms with Crippen LogP contribution in [0.25, 0.3) is 0 Å². The van der Waals surface area contributed by atoms with E-state index in [1.54, 1.807) is 6.08 Å². The molecule has 14 heavy (non-hydrogen) atoms. The zero-order valence-electron chi connectivity index (χ0n) is 9.47. The van der Waals surface area contributed by atoms with Crippen molar-refractivity contribution in [3.8, 4) is 0 Å². The van der Waals surface area contributed by atoms with Crippen molar-refractivity contribution in [3.05, 3.63) is 23.3 Å². The number of hydrogen-bond donors (Lipinski definition) is 0. The highest BCUT2D eigenvalue weighted by Gasteiger charge is 2.26. The summed E-state index contributed by atoms with van der Waals surface area (Å²) in [7, 11) is 0. The summed E-state index contributed by atoms with van der Waals surface area (Å²) in [6.45, 7) is 6.84. The molecule has 0 aromatic heterocycles. The lowest BCUT2D eigenvalue weighted by Gasteiger charge is -2.34. The average molecular weight is 192 g/mol. The first-order valence-electron chi connectivity index (χ1n) is 5.37. The largest absolute Gasteiger partial charge is 0.299 e. The van der Waals surface area contributed by atoms with Gasteiger partial charge < -0.3 is 0 Å². The van der Waals surface area contributed by atoms with Crippen LogP contribution in [0.15, 0.2) is 23.3 Å². The van der Waals surface area contributed by atoms with Gasteiger partial charge in [-0.2, -0.15) is 0 Å². The number of hydrogen-bond acceptors (Lipinski definition) is 1. The van der Waals surface area contributed by atoms with Crippen LogP contribution in [0.2, 0.25) is 0 Å². The predicted molar refractivity (Wildman–Crippen MR) is 60.2 cm³/mol. The van der Waals surface area contributed by atoms with Crippen LogP contribution in [0, 0.1) is 5.41 Å². The summed E-state index contributed by atoms with van der Waals surface area (Å²) in [6.07, 6.45) is 9.18. The second kappa shape index (κ2) is 4.59. The molecule has 0 aromatic rings. The summed E-state index contributed by atoms with van der Waals surface area (Å²) in [6, 6.07) is 0. The third-order valence-corrected chi connectivity index (χ3v) is 3.22. The summed E-state index contributed by atoms with van der Waals surface area (Å²) in [5.74, 6) is 0. The van der Waals surface area contributed by atoms with E-state index < -0.39 is 0 Å². The second-order valence-corrected chi connectivity index (χ2v) is 4.76. The first-order valence-corrected chi connectivity index (χ1v) is 5.37. The Morgan fingerprint density at radius 1 is 1.43 bits per heavy atom. The van der Waals surface area contributed by atoms with Gasteiger partial charge in [-0.05, 0) is 44.1 Å². The molecule has 0 aliphatic heterocycles. The van der Waals surface area contributed by atoms with Crippen molar-refractivity contribution in [2.45, 2.75) is 46.5 Å². The molecule has 0 radical (unpaired) electrons. The zero-order valence-corrected chi connectivity index (χ0v) is 9.47. The van der Waals surface area contributed by atoms with Crippen LogP contribution in [-0.4, -0.2) is 6.29 Å². The average Bonchev–Trinajstić information content (AvgIpc) is 2.09. The number of allylic oxidation sites excluding steroid dienone is 4. The summed E-state index contributed by atoms with van der Waals surface area (Å²) in [5.41, 5.74) is 3.38. The van der Waals surface area contributed by atoms with Gasteiger partial charge in [0.1, 0.15) is 6.29 Å². The van der Waals surface area contributed by atoms with Gasteiger partial charge in [-0.1, -0.05) is 31.1 Å². The molecule has 1 aliphatic rings. The van der Waals surface area contributed by atoms with Crippen LogP contribution in [0.5, 0.6) is 0 Å². The van der Waals surface area contributed by atoms with Crippen LogP contribution < -0.4 is 0 Å². The number of carbonyl (C=O) groups is 1. The normalized spacial score (nSPS) is 21.6. The number of rotatable bonds is 3. The minimum absolute atomic E-state index is 0.329. The van der Waals surface area contributed by atoms with Crippen molar-refractivity contribution >= 4 is 6.29 Å². The maximum atomic E-state index is 10.2. The molecule has 0 fully saturated rings. The van der Waals surface area contributed by atoms with Gasteiger partial charge in [-0.15, -0.1) is 0 Å². The molecule has 0 saturated heterocycles. The Kier molecular flexibility index (Phi) is 3.68. The Morgan fingerprint density at radius 3 is 2.71 bits per heavy atom. The first-order chi connectivity index (χ1) is 6.58. The Balaban J connectivity index is 2.79. The molecule has 0 atom stereocenters. The van der Waals surface area contributed by atoms with Gasteiger partial charge in [0.2, 0.25) is 0 Å². The number of carbonyl (C=O) groups excluding carboxylic acids is 1. The van der Waals surface area contributed by atoms with E-state index >= 15 is 0 Å². The van der Waals surface area contributed by atoms with E-state index in [-0.39, 0.29) is 0 Å². The Hall–Kier alpha value is -0.850. The van der Waals surface area contributed by atoms with Gasteiger partial charge in [-0.3, -0.25) is 4.79 Å². The van der Waals surface area contributed by atoms with E-state index in [1.807, 2.05) is 6.08 Å². The standard InChI is InChI=1S/C13H20O/c1-11-7-6-9-13(2,3)12(11)8-4-5-10-14/h4-5,10H,6-9H2,1-3H3. The monoisotopic (exact) mass is 192 g/mol. The van der Waals surface area contributed by atoms with Gasteiger partial charge in [0.05, 0.1) is 0 Å². The topological polar surface area (TPSA) is 17.1 Å². The molecular weight excluding hydrogens is 172 g/mol. The summed E-state index contributed by atoms with van der Waals surface area (Å²) in [4.78, 5) is 10.2. The third-order valence-electron chi connectivity index (χ3n) is 3.22. The quantitative estimate of drug-likeness (QED) is 0.379. The fraction of sp³-hybridized carbons (Fsp3) is 0.615.